The first-order valence-electron chi connectivity index (χ1n) is 2.67. The molecule has 0 aliphatic carbocycles. The van der Waals surface area contributed by atoms with Crippen molar-refractivity contribution in [3.63, 3.8) is 0 Å². The lowest BCUT2D eigenvalue weighted by atomic mass is 10.4. The maximum atomic E-state index is 11.0. The van der Waals surface area contributed by atoms with Gasteiger partial charge in [-0.3, -0.25) is 4.79 Å². The number of carbonyl (C=O) groups excluding carboxylic acids is 1. The van der Waals surface area contributed by atoms with Gasteiger partial charge in [0.1, 0.15) is 0 Å². The number of rotatable bonds is 1. The van der Waals surface area contributed by atoms with Crippen molar-refractivity contribution in [1.29, 1.82) is 0 Å². The molecule has 0 saturated carbocycles. The largest absolute Gasteiger partial charge is 0.291 e. The SMILES string of the molecule is CSC1=CS(=O)(=O)[C@H](Br)C1=O. The summed E-state index contributed by atoms with van der Waals surface area (Å²) in [5.74, 6) is -0.363. The van der Waals surface area contributed by atoms with Crippen molar-refractivity contribution >= 4 is 43.3 Å². The molecule has 62 valence electrons. The van der Waals surface area contributed by atoms with Gasteiger partial charge in [0.25, 0.3) is 0 Å². The Kier molecular flexibility index (Phi) is 2.46. The molecule has 0 spiro atoms. The van der Waals surface area contributed by atoms with Gasteiger partial charge >= 0.3 is 0 Å². The monoisotopic (exact) mass is 256 g/mol. The van der Waals surface area contributed by atoms with Crippen molar-refractivity contribution in [2.24, 2.45) is 0 Å². The van der Waals surface area contributed by atoms with Crippen LogP contribution in [-0.2, 0) is 14.6 Å². The number of allylic oxidation sites excluding steroid dienone is 1. The molecular formula is C5H5BrO3S2. The number of thioether (sulfide) groups is 1. The van der Waals surface area contributed by atoms with Crippen LogP contribution >= 0.6 is 27.7 Å². The average molecular weight is 257 g/mol. The Morgan fingerprint density at radius 3 is 2.36 bits per heavy atom. The Morgan fingerprint density at radius 2 is 2.18 bits per heavy atom. The van der Waals surface area contributed by atoms with Gasteiger partial charge in [0.05, 0.1) is 4.91 Å². The molecule has 11 heavy (non-hydrogen) atoms. The molecule has 0 N–H and O–H groups in total. The van der Waals surface area contributed by atoms with E-state index in [0.717, 1.165) is 17.2 Å². The summed E-state index contributed by atoms with van der Waals surface area (Å²) >= 11 is 3.95. The maximum absolute atomic E-state index is 11.0. The van der Waals surface area contributed by atoms with Crippen LogP contribution in [0.4, 0.5) is 0 Å². The fourth-order valence-electron chi connectivity index (χ4n) is 0.677. The molecule has 6 heteroatoms. The van der Waals surface area contributed by atoms with Gasteiger partial charge < -0.3 is 0 Å². The summed E-state index contributed by atoms with van der Waals surface area (Å²) in [6.45, 7) is 0. The molecule has 0 aromatic heterocycles. The lowest BCUT2D eigenvalue weighted by Crippen LogP contribution is -2.15. The summed E-state index contributed by atoms with van der Waals surface area (Å²) in [5.41, 5.74) is 0. The average Bonchev–Trinajstić information content (AvgIpc) is 2.13. The van der Waals surface area contributed by atoms with Gasteiger partial charge in [0.15, 0.2) is 19.8 Å². The minimum atomic E-state index is -3.35. The van der Waals surface area contributed by atoms with E-state index in [1.54, 1.807) is 6.26 Å². The Morgan fingerprint density at radius 1 is 1.64 bits per heavy atom. The fourth-order valence-corrected chi connectivity index (χ4v) is 3.54. The van der Waals surface area contributed by atoms with E-state index < -0.39 is 14.0 Å². The fraction of sp³-hybridized carbons (Fsp3) is 0.400. The van der Waals surface area contributed by atoms with Crippen LogP contribution in [-0.4, -0.2) is 24.6 Å². The molecule has 0 saturated heterocycles. The normalized spacial score (nSPS) is 28.7. The van der Waals surface area contributed by atoms with Gasteiger partial charge in [-0.25, -0.2) is 8.42 Å². The number of sulfone groups is 1. The van der Waals surface area contributed by atoms with Crippen molar-refractivity contribution in [3.05, 3.63) is 10.3 Å². The Balaban J connectivity index is 3.15. The Hall–Kier alpha value is 0.190. The van der Waals surface area contributed by atoms with Crippen LogP contribution < -0.4 is 0 Å². The van der Waals surface area contributed by atoms with Gasteiger partial charge in [0, 0.05) is 5.41 Å². The van der Waals surface area contributed by atoms with Crippen molar-refractivity contribution in [2.45, 2.75) is 4.16 Å². The van der Waals surface area contributed by atoms with Crippen LogP contribution in [0, 0.1) is 0 Å². The predicted molar refractivity (Wildman–Crippen MR) is 48.2 cm³/mol. The summed E-state index contributed by atoms with van der Waals surface area (Å²) in [4.78, 5) is 11.3. The standard InChI is InChI=1S/C5H5BrO3S2/c1-10-3-2-11(8,9)5(6)4(3)7/h2,5H,1H3/t5-/m0/s1. The Bertz CT molecular complexity index is 317. The number of hydrogen-bond acceptors (Lipinski definition) is 4. The third-order valence-electron chi connectivity index (χ3n) is 1.23. The van der Waals surface area contributed by atoms with Gasteiger partial charge in [-0.2, -0.15) is 0 Å². The summed E-state index contributed by atoms with van der Waals surface area (Å²) in [6.07, 6.45) is 1.67. The molecule has 0 bridgehead atoms. The van der Waals surface area contributed by atoms with Gasteiger partial charge in [-0.15, -0.1) is 11.8 Å². The predicted octanol–water partition coefficient (Wildman–Crippen LogP) is 0.909. The molecule has 0 aromatic carbocycles. The maximum Gasteiger partial charge on any atom is 0.199 e. The van der Waals surface area contributed by atoms with E-state index in [1.165, 1.54) is 0 Å². The molecule has 0 unspecified atom stereocenters. The molecule has 1 aliphatic heterocycles. The van der Waals surface area contributed by atoms with E-state index in [2.05, 4.69) is 15.9 Å². The number of ketones is 1. The summed E-state index contributed by atoms with van der Waals surface area (Å²) in [6, 6.07) is 0. The highest BCUT2D eigenvalue weighted by Crippen LogP contribution is 2.30. The third kappa shape index (κ3) is 1.52. The second-order valence-corrected chi connectivity index (χ2v) is 6.21. The third-order valence-corrected chi connectivity index (χ3v) is 5.47. The molecule has 1 atom stereocenters. The van der Waals surface area contributed by atoms with Crippen LogP contribution in [0.1, 0.15) is 0 Å². The molecule has 1 rings (SSSR count). The van der Waals surface area contributed by atoms with Gasteiger partial charge in [0.2, 0.25) is 0 Å². The zero-order valence-electron chi connectivity index (χ0n) is 5.57. The van der Waals surface area contributed by atoms with E-state index in [4.69, 9.17) is 0 Å². The van der Waals surface area contributed by atoms with Crippen molar-refractivity contribution < 1.29 is 13.2 Å². The summed E-state index contributed by atoms with van der Waals surface area (Å²) < 4.78 is 20.9. The molecule has 0 aromatic rings. The van der Waals surface area contributed by atoms with Crippen LogP contribution in [0.5, 0.6) is 0 Å². The van der Waals surface area contributed by atoms with Crippen LogP contribution in [0.3, 0.4) is 0 Å². The van der Waals surface area contributed by atoms with E-state index in [-0.39, 0.29) is 5.78 Å². The first kappa shape index (κ1) is 9.28. The smallest absolute Gasteiger partial charge is 0.199 e. The molecule has 1 aliphatic rings. The number of halogens is 1. The molecule has 0 radical (unpaired) electrons. The highest BCUT2D eigenvalue weighted by molar-refractivity contribution is 9.11. The van der Waals surface area contributed by atoms with E-state index in [1.807, 2.05) is 0 Å². The zero-order chi connectivity index (χ0) is 8.65. The molecule has 3 nitrogen and oxygen atoms in total. The minimum Gasteiger partial charge on any atom is -0.291 e. The van der Waals surface area contributed by atoms with Gasteiger partial charge in [-0.1, -0.05) is 15.9 Å². The molecule has 0 fully saturated rings. The molecular weight excluding hydrogens is 252 g/mol. The van der Waals surface area contributed by atoms with E-state index in [0.29, 0.717) is 4.91 Å². The highest BCUT2D eigenvalue weighted by atomic mass is 79.9. The topological polar surface area (TPSA) is 51.2 Å². The second-order valence-electron chi connectivity index (χ2n) is 1.96. The number of hydrogen-bond donors (Lipinski definition) is 0. The van der Waals surface area contributed by atoms with Crippen LogP contribution in [0.15, 0.2) is 10.3 Å². The highest BCUT2D eigenvalue weighted by Gasteiger charge is 2.37. The van der Waals surface area contributed by atoms with Crippen LogP contribution in [0.2, 0.25) is 0 Å². The minimum absolute atomic E-state index is 0.298. The number of Topliss-reactive ketones (excluding diaryl/α,β-unsaturated/α-hetero) is 1. The first-order valence-corrected chi connectivity index (χ1v) is 6.42. The van der Waals surface area contributed by atoms with E-state index in [9.17, 15) is 13.2 Å². The lowest BCUT2D eigenvalue weighted by molar-refractivity contribution is -0.112. The second kappa shape index (κ2) is 2.91. The lowest BCUT2D eigenvalue weighted by Gasteiger charge is -1.95. The van der Waals surface area contributed by atoms with Gasteiger partial charge in [-0.05, 0) is 6.26 Å². The number of carbonyl (C=O) groups is 1. The van der Waals surface area contributed by atoms with Crippen molar-refractivity contribution in [3.8, 4) is 0 Å². The molecule has 1 heterocycles. The summed E-state index contributed by atoms with van der Waals surface area (Å²) in [5, 5.41) is 1.01. The summed E-state index contributed by atoms with van der Waals surface area (Å²) in [7, 11) is -3.35. The number of alkyl halides is 1. The first-order chi connectivity index (χ1) is 4.99. The van der Waals surface area contributed by atoms with E-state index >= 15 is 0 Å². The van der Waals surface area contributed by atoms with Crippen molar-refractivity contribution in [1.82, 2.24) is 0 Å². The quantitative estimate of drug-likeness (QED) is 0.655. The Labute approximate surface area is 77.3 Å². The van der Waals surface area contributed by atoms with Crippen molar-refractivity contribution in [2.75, 3.05) is 6.26 Å². The molecule has 0 amide bonds. The zero-order valence-corrected chi connectivity index (χ0v) is 8.79. The van der Waals surface area contributed by atoms with Crippen LogP contribution in [0.25, 0.3) is 0 Å².